The summed E-state index contributed by atoms with van der Waals surface area (Å²) in [5.41, 5.74) is 7.66. The van der Waals surface area contributed by atoms with E-state index in [1.165, 1.54) is 29.8 Å². The minimum absolute atomic E-state index is 0.0830. The van der Waals surface area contributed by atoms with E-state index in [4.69, 9.17) is 0 Å². The molecule has 0 spiro atoms. The summed E-state index contributed by atoms with van der Waals surface area (Å²) in [4.78, 5) is 21.4. The van der Waals surface area contributed by atoms with Gasteiger partial charge in [0, 0.05) is 56.2 Å². The van der Waals surface area contributed by atoms with Crippen LogP contribution in [0.4, 0.5) is 5.69 Å². The third-order valence-electron chi connectivity index (χ3n) is 7.31. The Balaban J connectivity index is 1.27. The first-order valence-electron chi connectivity index (χ1n) is 13.1. The Bertz CT molecular complexity index is 1310. The number of benzene rings is 2. The van der Waals surface area contributed by atoms with Crippen LogP contribution in [-0.2, 0) is 6.42 Å². The van der Waals surface area contributed by atoms with Crippen LogP contribution in [0, 0.1) is 5.92 Å². The van der Waals surface area contributed by atoms with Gasteiger partial charge in [0.1, 0.15) is 5.65 Å². The number of pyridine rings is 1. The molecule has 0 atom stereocenters. The summed E-state index contributed by atoms with van der Waals surface area (Å²) in [6, 6.07) is 21.2. The van der Waals surface area contributed by atoms with Crippen LogP contribution in [0.3, 0.4) is 0 Å². The average molecular weight is 481 g/mol. The molecular weight excluding hydrogens is 444 g/mol. The van der Waals surface area contributed by atoms with E-state index in [1.807, 2.05) is 36.7 Å². The quantitative estimate of drug-likeness (QED) is 0.292. The number of fused-ring (bicyclic) bond motifs is 1. The molecule has 5 rings (SSSR count). The molecule has 0 amide bonds. The fourth-order valence-electron chi connectivity index (χ4n) is 5.03. The van der Waals surface area contributed by atoms with Gasteiger partial charge in [0.25, 0.3) is 0 Å². The second-order valence-corrected chi connectivity index (χ2v) is 10.4. The fraction of sp³-hybridized carbons (Fsp3) is 0.355. The smallest absolute Gasteiger partial charge is 0.159 e. The van der Waals surface area contributed by atoms with Gasteiger partial charge in [-0.05, 0) is 60.7 Å². The van der Waals surface area contributed by atoms with Crippen molar-refractivity contribution in [2.75, 3.05) is 37.6 Å². The maximum absolute atomic E-state index is 11.6. The second-order valence-electron chi connectivity index (χ2n) is 10.4. The molecule has 1 fully saturated rings. The maximum atomic E-state index is 11.6. The van der Waals surface area contributed by atoms with E-state index in [0.717, 1.165) is 61.0 Å². The second kappa shape index (κ2) is 10.7. The normalized spacial score (nSPS) is 14.6. The molecule has 186 valence electrons. The van der Waals surface area contributed by atoms with Crippen LogP contribution in [0.2, 0.25) is 0 Å². The number of piperazine rings is 1. The molecule has 0 unspecified atom stereocenters. The third kappa shape index (κ3) is 5.36. The number of imidazole rings is 1. The summed E-state index contributed by atoms with van der Waals surface area (Å²) >= 11 is 0. The summed E-state index contributed by atoms with van der Waals surface area (Å²) in [5, 5.41) is 0. The number of carbonyl (C=O) groups is 1. The fourth-order valence-corrected chi connectivity index (χ4v) is 5.03. The van der Waals surface area contributed by atoms with Crippen LogP contribution in [-0.4, -0.2) is 52.8 Å². The monoisotopic (exact) mass is 480 g/mol. The van der Waals surface area contributed by atoms with Crippen molar-refractivity contribution in [2.24, 2.45) is 5.92 Å². The van der Waals surface area contributed by atoms with Crippen molar-refractivity contribution in [3.05, 3.63) is 89.7 Å². The minimum Gasteiger partial charge on any atom is -0.369 e. The number of nitrogens with zero attached hydrogens (tertiary/aromatic N) is 4. The topological polar surface area (TPSA) is 40.9 Å². The van der Waals surface area contributed by atoms with E-state index in [2.05, 4.69) is 69.4 Å². The van der Waals surface area contributed by atoms with E-state index in [0.29, 0.717) is 0 Å². The lowest BCUT2D eigenvalue weighted by Crippen LogP contribution is -2.46. The highest BCUT2D eigenvalue weighted by Gasteiger charge is 2.17. The van der Waals surface area contributed by atoms with E-state index in [1.54, 1.807) is 6.92 Å². The Morgan fingerprint density at radius 2 is 1.64 bits per heavy atom. The van der Waals surface area contributed by atoms with Crippen molar-refractivity contribution in [3.8, 4) is 11.3 Å². The molecule has 2 aromatic carbocycles. The van der Waals surface area contributed by atoms with Gasteiger partial charge in [-0.1, -0.05) is 56.3 Å². The molecule has 1 aliphatic rings. The van der Waals surface area contributed by atoms with Crippen LogP contribution in [0.5, 0.6) is 0 Å². The number of aromatic nitrogens is 2. The highest BCUT2D eigenvalue weighted by molar-refractivity contribution is 5.94. The lowest BCUT2D eigenvalue weighted by Gasteiger charge is -2.36. The first kappa shape index (κ1) is 24.3. The molecule has 1 saturated heterocycles. The van der Waals surface area contributed by atoms with Crippen molar-refractivity contribution in [1.82, 2.24) is 14.3 Å². The average Bonchev–Trinajstić information content (AvgIpc) is 3.39. The standard InChI is InChI=1S/C31H36N4O/c1-23(2)14-16-33-18-20-34(21-19-33)29-11-4-25(5-12-29)22-28-10-13-30(35-17-15-32-31(28)35)27-8-6-26(7-9-27)24(3)36/h4-13,15,17,23H,14,16,18-22H2,1-3H3. The Morgan fingerprint density at radius 1 is 0.917 bits per heavy atom. The summed E-state index contributed by atoms with van der Waals surface area (Å²) < 4.78 is 2.14. The summed E-state index contributed by atoms with van der Waals surface area (Å²) in [6.45, 7) is 11.9. The molecule has 3 heterocycles. The zero-order valence-electron chi connectivity index (χ0n) is 21.7. The van der Waals surface area contributed by atoms with Crippen LogP contribution >= 0.6 is 0 Å². The van der Waals surface area contributed by atoms with Crippen LogP contribution < -0.4 is 4.90 Å². The van der Waals surface area contributed by atoms with Crippen LogP contribution in [0.25, 0.3) is 16.9 Å². The van der Waals surface area contributed by atoms with E-state index >= 15 is 0 Å². The minimum atomic E-state index is 0.0830. The van der Waals surface area contributed by atoms with Gasteiger partial charge >= 0.3 is 0 Å². The van der Waals surface area contributed by atoms with Gasteiger partial charge < -0.3 is 4.90 Å². The summed E-state index contributed by atoms with van der Waals surface area (Å²) in [5.74, 6) is 0.855. The lowest BCUT2D eigenvalue weighted by atomic mass is 10.0. The Kier molecular flexibility index (Phi) is 7.19. The predicted molar refractivity (Wildman–Crippen MR) is 148 cm³/mol. The largest absolute Gasteiger partial charge is 0.369 e. The predicted octanol–water partition coefficient (Wildman–Crippen LogP) is 5.96. The zero-order chi connectivity index (χ0) is 25.1. The highest BCUT2D eigenvalue weighted by Crippen LogP contribution is 2.26. The van der Waals surface area contributed by atoms with E-state index in [9.17, 15) is 4.79 Å². The number of hydrogen-bond donors (Lipinski definition) is 0. The number of carbonyl (C=O) groups excluding carboxylic acids is 1. The van der Waals surface area contributed by atoms with E-state index < -0.39 is 0 Å². The van der Waals surface area contributed by atoms with Gasteiger partial charge in [0.2, 0.25) is 0 Å². The van der Waals surface area contributed by atoms with Gasteiger partial charge in [-0.2, -0.15) is 0 Å². The molecular formula is C31H36N4O. The Morgan fingerprint density at radius 3 is 2.31 bits per heavy atom. The molecule has 0 N–H and O–H groups in total. The van der Waals surface area contributed by atoms with Crippen LogP contribution in [0.15, 0.2) is 73.1 Å². The molecule has 2 aromatic heterocycles. The Hall–Kier alpha value is -3.44. The molecule has 5 heteroatoms. The number of hydrogen-bond acceptors (Lipinski definition) is 4. The zero-order valence-corrected chi connectivity index (χ0v) is 21.7. The maximum Gasteiger partial charge on any atom is 0.159 e. The highest BCUT2D eigenvalue weighted by atomic mass is 16.1. The first-order valence-corrected chi connectivity index (χ1v) is 13.1. The number of Topliss-reactive ketones (excluding diaryl/α,β-unsaturated/α-hetero) is 1. The molecule has 5 nitrogen and oxygen atoms in total. The molecule has 1 aliphatic heterocycles. The van der Waals surface area contributed by atoms with Gasteiger partial charge in [-0.15, -0.1) is 0 Å². The first-order chi connectivity index (χ1) is 17.5. The van der Waals surface area contributed by atoms with Gasteiger partial charge in [0.05, 0.1) is 5.69 Å². The SMILES string of the molecule is CC(=O)c1ccc(-c2ccc(Cc3ccc(N4CCN(CCC(C)C)CC4)cc3)c3nccn23)cc1. The third-order valence-corrected chi connectivity index (χ3v) is 7.31. The van der Waals surface area contributed by atoms with Crippen molar-refractivity contribution < 1.29 is 4.79 Å². The summed E-state index contributed by atoms with van der Waals surface area (Å²) in [7, 11) is 0. The van der Waals surface area contributed by atoms with Crippen molar-refractivity contribution >= 4 is 17.1 Å². The summed E-state index contributed by atoms with van der Waals surface area (Å²) in [6.07, 6.45) is 5.99. The molecule has 0 bridgehead atoms. The van der Waals surface area contributed by atoms with E-state index in [-0.39, 0.29) is 5.78 Å². The van der Waals surface area contributed by atoms with Crippen molar-refractivity contribution in [1.29, 1.82) is 0 Å². The lowest BCUT2D eigenvalue weighted by molar-refractivity contribution is 0.101. The van der Waals surface area contributed by atoms with Crippen molar-refractivity contribution in [3.63, 3.8) is 0 Å². The molecule has 4 aromatic rings. The van der Waals surface area contributed by atoms with Crippen LogP contribution in [0.1, 0.15) is 48.7 Å². The number of anilines is 1. The molecule has 0 aliphatic carbocycles. The number of rotatable bonds is 8. The molecule has 36 heavy (non-hydrogen) atoms. The van der Waals surface area contributed by atoms with Crippen molar-refractivity contribution in [2.45, 2.75) is 33.6 Å². The van der Waals surface area contributed by atoms with Gasteiger partial charge in [-0.25, -0.2) is 4.98 Å². The molecule has 0 saturated carbocycles. The number of ketones is 1. The molecule has 0 radical (unpaired) electrons. The Labute approximate surface area is 214 Å². The van der Waals surface area contributed by atoms with Gasteiger partial charge in [0.15, 0.2) is 5.78 Å². The van der Waals surface area contributed by atoms with Gasteiger partial charge in [-0.3, -0.25) is 14.1 Å².